The quantitative estimate of drug-likeness (QED) is 0.536. The summed E-state index contributed by atoms with van der Waals surface area (Å²) in [6.45, 7) is 1.94. The molecule has 1 aliphatic rings. The van der Waals surface area contributed by atoms with Gasteiger partial charge in [0.25, 0.3) is 5.56 Å². The predicted molar refractivity (Wildman–Crippen MR) is 93.0 cm³/mol. The summed E-state index contributed by atoms with van der Waals surface area (Å²) in [4.78, 5) is 54.0. The molecule has 4 amide bonds. The molecule has 10 nitrogen and oxygen atoms in total. The van der Waals surface area contributed by atoms with Crippen LogP contribution < -0.4 is 27.2 Å². The molecule has 0 saturated heterocycles. The van der Waals surface area contributed by atoms with Gasteiger partial charge < -0.3 is 16.4 Å². The molecule has 1 aromatic carbocycles. The summed E-state index contributed by atoms with van der Waals surface area (Å²) in [6, 6.07) is 6.30. The molecule has 2 aromatic rings. The minimum absolute atomic E-state index is 0.0298. The van der Waals surface area contributed by atoms with Crippen LogP contribution in [0.4, 0.5) is 22.2 Å². The Labute approximate surface area is 147 Å². The monoisotopic (exact) mass is 356 g/mol. The number of rotatable bonds is 3. The van der Waals surface area contributed by atoms with Gasteiger partial charge in [-0.25, -0.2) is 4.79 Å². The van der Waals surface area contributed by atoms with E-state index < -0.39 is 29.3 Å². The lowest BCUT2D eigenvalue weighted by molar-refractivity contribution is -0.125. The summed E-state index contributed by atoms with van der Waals surface area (Å²) in [7, 11) is 0. The van der Waals surface area contributed by atoms with Gasteiger partial charge in [-0.3, -0.25) is 24.7 Å². The van der Waals surface area contributed by atoms with E-state index in [2.05, 4.69) is 20.6 Å². The Bertz CT molecular complexity index is 950. The largest absolute Gasteiger partial charge is 0.351 e. The second-order valence-corrected chi connectivity index (χ2v) is 5.83. The maximum Gasteiger partial charge on any atom is 0.318 e. The molecule has 134 valence electrons. The summed E-state index contributed by atoms with van der Waals surface area (Å²) in [6.07, 6.45) is -0.290. The Kier molecular flexibility index (Phi) is 4.40. The fraction of sp³-hybridized carbons (Fsp3) is 0.188. The van der Waals surface area contributed by atoms with E-state index in [1.54, 1.807) is 12.1 Å². The molecule has 1 unspecified atom stereocenters. The number of amides is 4. The van der Waals surface area contributed by atoms with E-state index in [1.807, 2.05) is 24.4 Å². The van der Waals surface area contributed by atoms with Crippen molar-refractivity contribution in [2.75, 3.05) is 10.6 Å². The number of fused-ring (bicyclic) bond motifs is 1. The highest BCUT2D eigenvalue weighted by Crippen LogP contribution is 2.29. The number of aryl methyl sites for hydroxylation is 1. The van der Waals surface area contributed by atoms with Crippen LogP contribution in [0.2, 0.25) is 0 Å². The normalized spacial score (nSPS) is 15.6. The van der Waals surface area contributed by atoms with Crippen LogP contribution in [0.1, 0.15) is 23.5 Å². The van der Waals surface area contributed by atoms with Crippen LogP contribution in [0, 0.1) is 6.92 Å². The van der Waals surface area contributed by atoms with Crippen molar-refractivity contribution in [1.29, 1.82) is 0 Å². The number of nitrogens with one attached hydrogen (secondary N) is 4. The minimum atomic E-state index is -1.16. The number of hydrogen-bond acceptors (Lipinski definition) is 6. The van der Waals surface area contributed by atoms with E-state index in [0.717, 1.165) is 5.56 Å². The van der Waals surface area contributed by atoms with Crippen molar-refractivity contribution >= 4 is 35.3 Å². The summed E-state index contributed by atoms with van der Waals surface area (Å²) >= 11 is 0. The van der Waals surface area contributed by atoms with Crippen LogP contribution >= 0.6 is 0 Å². The molecule has 1 atom stereocenters. The van der Waals surface area contributed by atoms with Crippen LogP contribution in [-0.4, -0.2) is 27.8 Å². The lowest BCUT2D eigenvalue weighted by Gasteiger charge is -2.23. The van der Waals surface area contributed by atoms with Crippen molar-refractivity contribution in [3.8, 4) is 0 Å². The molecule has 10 heteroatoms. The zero-order valence-corrected chi connectivity index (χ0v) is 13.8. The number of imide groups is 1. The topological polar surface area (TPSA) is 159 Å². The van der Waals surface area contributed by atoms with Gasteiger partial charge in [0.15, 0.2) is 0 Å². The highest BCUT2D eigenvalue weighted by atomic mass is 16.2. The average Bonchev–Trinajstić information content (AvgIpc) is 2.55. The zero-order chi connectivity index (χ0) is 18.8. The first-order valence-electron chi connectivity index (χ1n) is 7.71. The second-order valence-electron chi connectivity index (χ2n) is 5.83. The lowest BCUT2D eigenvalue weighted by Crippen LogP contribution is -2.43. The minimum Gasteiger partial charge on any atom is -0.351 e. The maximum absolute atomic E-state index is 12.5. The van der Waals surface area contributed by atoms with E-state index >= 15 is 0 Å². The van der Waals surface area contributed by atoms with Gasteiger partial charge in [-0.2, -0.15) is 4.98 Å². The Hall–Kier alpha value is -3.69. The van der Waals surface area contributed by atoms with E-state index in [1.165, 1.54) is 0 Å². The highest BCUT2D eigenvalue weighted by Gasteiger charge is 2.35. The molecule has 2 heterocycles. The van der Waals surface area contributed by atoms with Gasteiger partial charge in [0.05, 0.1) is 11.5 Å². The molecule has 0 aliphatic carbocycles. The Balaban J connectivity index is 1.96. The van der Waals surface area contributed by atoms with Crippen LogP contribution in [0.3, 0.4) is 0 Å². The molecule has 0 bridgehead atoms. The van der Waals surface area contributed by atoms with Gasteiger partial charge in [0, 0.05) is 12.1 Å². The molecule has 0 spiro atoms. The predicted octanol–water partition coefficient (Wildman–Crippen LogP) is 0.443. The second kappa shape index (κ2) is 6.67. The van der Waals surface area contributed by atoms with E-state index in [0.29, 0.717) is 5.69 Å². The SMILES string of the molecule is Cc1ccc(Nc2nc3c(c(=O)[nH]2)C(C(=O)NC(N)=O)CC(=O)N3)cc1. The van der Waals surface area contributed by atoms with Gasteiger partial charge in [-0.1, -0.05) is 17.7 Å². The molecular weight excluding hydrogens is 340 g/mol. The summed E-state index contributed by atoms with van der Waals surface area (Å²) in [5.41, 5.74) is 6.05. The third kappa shape index (κ3) is 3.53. The molecule has 0 fully saturated rings. The lowest BCUT2D eigenvalue weighted by atomic mass is 9.92. The van der Waals surface area contributed by atoms with Crippen LogP contribution in [0.5, 0.6) is 0 Å². The third-order valence-electron chi connectivity index (χ3n) is 3.83. The summed E-state index contributed by atoms with van der Waals surface area (Å²) < 4.78 is 0. The number of H-pyrrole nitrogens is 1. The molecule has 0 saturated carbocycles. The highest BCUT2D eigenvalue weighted by molar-refractivity contribution is 6.04. The molecule has 6 N–H and O–H groups in total. The first-order chi connectivity index (χ1) is 12.3. The smallest absolute Gasteiger partial charge is 0.318 e. The number of nitrogens with two attached hydrogens (primary N) is 1. The van der Waals surface area contributed by atoms with Crippen molar-refractivity contribution in [3.05, 3.63) is 45.7 Å². The standard InChI is InChI=1S/C16H16N6O4/c1-7-2-4-8(5-3-7)18-16-20-12-11(14(25)22-16)9(6-10(23)19-12)13(24)21-15(17)26/h2-5,9H,6H2,1H3,(H3,17,21,24,26)(H3,18,19,20,22,23,25). The number of nitrogens with zero attached hydrogens (tertiary/aromatic N) is 1. The third-order valence-corrected chi connectivity index (χ3v) is 3.83. The number of anilines is 3. The number of aromatic amines is 1. The molecule has 1 aliphatic heterocycles. The van der Waals surface area contributed by atoms with Crippen molar-refractivity contribution in [1.82, 2.24) is 15.3 Å². The molecular formula is C16H16N6O4. The van der Waals surface area contributed by atoms with E-state index in [4.69, 9.17) is 5.73 Å². The van der Waals surface area contributed by atoms with Crippen LogP contribution in [0.25, 0.3) is 0 Å². The Morgan fingerprint density at radius 1 is 1.23 bits per heavy atom. The first-order valence-corrected chi connectivity index (χ1v) is 7.71. The Morgan fingerprint density at radius 2 is 1.92 bits per heavy atom. The Morgan fingerprint density at radius 3 is 2.58 bits per heavy atom. The molecule has 0 radical (unpaired) electrons. The maximum atomic E-state index is 12.5. The van der Waals surface area contributed by atoms with E-state index in [-0.39, 0.29) is 23.8 Å². The number of primary amides is 1. The van der Waals surface area contributed by atoms with Crippen molar-refractivity contribution in [2.24, 2.45) is 5.73 Å². The summed E-state index contributed by atoms with van der Waals surface area (Å²) in [5.74, 6) is -2.42. The molecule has 1 aromatic heterocycles. The van der Waals surface area contributed by atoms with Crippen molar-refractivity contribution in [2.45, 2.75) is 19.3 Å². The van der Waals surface area contributed by atoms with Gasteiger partial charge in [0.2, 0.25) is 17.8 Å². The van der Waals surface area contributed by atoms with E-state index in [9.17, 15) is 19.2 Å². The van der Waals surface area contributed by atoms with Gasteiger partial charge in [-0.05, 0) is 19.1 Å². The number of carbonyl (C=O) groups is 3. The fourth-order valence-corrected chi connectivity index (χ4v) is 2.64. The number of carbonyl (C=O) groups excluding carboxylic acids is 3. The van der Waals surface area contributed by atoms with Crippen molar-refractivity contribution < 1.29 is 14.4 Å². The number of aromatic nitrogens is 2. The average molecular weight is 356 g/mol. The van der Waals surface area contributed by atoms with Crippen molar-refractivity contribution in [3.63, 3.8) is 0 Å². The van der Waals surface area contributed by atoms with Crippen LogP contribution in [-0.2, 0) is 9.59 Å². The van der Waals surface area contributed by atoms with Gasteiger partial charge in [-0.15, -0.1) is 0 Å². The number of hydrogen-bond donors (Lipinski definition) is 5. The summed E-state index contributed by atoms with van der Waals surface area (Å²) in [5, 5.41) is 7.27. The van der Waals surface area contributed by atoms with Gasteiger partial charge in [0.1, 0.15) is 5.82 Å². The molecule has 3 rings (SSSR count). The zero-order valence-electron chi connectivity index (χ0n) is 13.8. The first kappa shape index (κ1) is 17.1. The van der Waals surface area contributed by atoms with Gasteiger partial charge >= 0.3 is 6.03 Å². The van der Waals surface area contributed by atoms with Crippen LogP contribution in [0.15, 0.2) is 29.1 Å². The number of urea groups is 1. The molecule has 26 heavy (non-hydrogen) atoms. The number of benzene rings is 1. The fourth-order valence-electron chi connectivity index (χ4n) is 2.64.